The minimum absolute atomic E-state index is 0.0619. The number of hydrogen-bond acceptors (Lipinski definition) is 1. The lowest BCUT2D eigenvalue weighted by Crippen LogP contribution is -2.13. The van der Waals surface area contributed by atoms with Gasteiger partial charge in [-0.1, -0.05) is 60.5 Å². The molecule has 0 unspecified atom stereocenters. The second kappa shape index (κ2) is 6.18. The molecule has 2 aromatic carbocycles. The SMILES string of the molecule is Cc1ccc(Oc2ccc(CBr)cc2F)c(C(C)(C)C)c1. The summed E-state index contributed by atoms with van der Waals surface area (Å²) in [5.41, 5.74) is 3.07. The van der Waals surface area contributed by atoms with Crippen LogP contribution in [0.1, 0.15) is 37.5 Å². The standard InChI is InChI=1S/C18H20BrFO/c1-12-5-7-16(14(9-12)18(2,3)4)21-17-8-6-13(11-19)10-15(17)20/h5-10H,11H2,1-4H3. The first-order valence-corrected chi connectivity index (χ1v) is 8.07. The molecule has 0 spiro atoms. The van der Waals surface area contributed by atoms with Crippen molar-refractivity contribution in [3.8, 4) is 11.5 Å². The fraction of sp³-hybridized carbons (Fsp3) is 0.333. The quantitative estimate of drug-likeness (QED) is 0.606. The molecule has 3 heteroatoms. The summed E-state index contributed by atoms with van der Waals surface area (Å²) in [6, 6.07) is 11.0. The first-order chi connectivity index (χ1) is 9.81. The van der Waals surface area contributed by atoms with Gasteiger partial charge in [0.05, 0.1) is 0 Å². The Balaban J connectivity index is 2.40. The molecule has 0 aliphatic carbocycles. The Hall–Kier alpha value is -1.35. The number of halogens is 2. The summed E-state index contributed by atoms with van der Waals surface area (Å²) in [4.78, 5) is 0. The highest BCUT2D eigenvalue weighted by Crippen LogP contribution is 2.35. The van der Waals surface area contributed by atoms with Gasteiger partial charge in [0.2, 0.25) is 0 Å². The average Bonchev–Trinajstić information content (AvgIpc) is 2.41. The van der Waals surface area contributed by atoms with Crippen molar-refractivity contribution in [1.82, 2.24) is 0 Å². The zero-order valence-corrected chi connectivity index (χ0v) is 14.4. The Morgan fingerprint density at radius 2 is 1.71 bits per heavy atom. The first-order valence-electron chi connectivity index (χ1n) is 6.94. The molecule has 0 fully saturated rings. The van der Waals surface area contributed by atoms with Gasteiger partial charge in [0.25, 0.3) is 0 Å². The van der Waals surface area contributed by atoms with Crippen molar-refractivity contribution in [2.75, 3.05) is 0 Å². The van der Waals surface area contributed by atoms with E-state index in [1.807, 2.05) is 25.1 Å². The second-order valence-corrected chi connectivity index (χ2v) is 6.81. The van der Waals surface area contributed by atoms with E-state index in [9.17, 15) is 4.39 Å². The average molecular weight is 351 g/mol. The van der Waals surface area contributed by atoms with Crippen LogP contribution in [0, 0.1) is 12.7 Å². The molecule has 0 atom stereocenters. The van der Waals surface area contributed by atoms with E-state index < -0.39 is 0 Å². The molecule has 0 amide bonds. The molecule has 112 valence electrons. The van der Waals surface area contributed by atoms with E-state index in [4.69, 9.17) is 4.74 Å². The number of hydrogen-bond donors (Lipinski definition) is 0. The van der Waals surface area contributed by atoms with Gasteiger partial charge in [0, 0.05) is 10.9 Å². The highest BCUT2D eigenvalue weighted by Gasteiger charge is 2.20. The fourth-order valence-corrected chi connectivity index (χ4v) is 2.50. The van der Waals surface area contributed by atoms with E-state index in [0.717, 1.165) is 11.1 Å². The molecule has 2 aromatic rings. The summed E-state index contributed by atoms with van der Waals surface area (Å²) in [5.74, 6) is 0.625. The van der Waals surface area contributed by atoms with Crippen molar-refractivity contribution in [3.63, 3.8) is 0 Å². The Bertz CT molecular complexity index is 644. The highest BCUT2D eigenvalue weighted by molar-refractivity contribution is 9.08. The van der Waals surface area contributed by atoms with Gasteiger partial charge in [0.1, 0.15) is 5.75 Å². The minimum Gasteiger partial charge on any atom is -0.454 e. The van der Waals surface area contributed by atoms with E-state index in [-0.39, 0.29) is 17.0 Å². The monoisotopic (exact) mass is 350 g/mol. The van der Waals surface area contributed by atoms with Crippen LogP contribution in [0.15, 0.2) is 36.4 Å². The minimum atomic E-state index is -0.340. The fourth-order valence-electron chi connectivity index (χ4n) is 2.15. The molecule has 0 bridgehead atoms. The van der Waals surface area contributed by atoms with Gasteiger partial charge in [-0.05, 0) is 36.1 Å². The lowest BCUT2D eigenvalue weighted by Gasteiger charge is -2.23. The molecule has 0 radical (unpaired) electrons. The maximum Gasteiger partial charge on any atom is 0.166 e. The van der Waals surface area contributed by atoms with Crippen molar-refractivity contribution >= 4 is 15.9 Å². The molecular formula is C18H20BrFO. The van der Waals surface area contributed by atoms with Crippen LogP contribution in [-0.4, -0.2) is 0 Å². The van der Waals surface area contributed by atoms with Gasteiger partial charge < -0.3 is 4.74 Å². The molecule has 0 saturated heterocycles. The van der Waals surface area contributed by atoms with Gasteiger partial charge in [0.15, 0.2) is 11.6 Å². The van der Waals surface area contributed by atoms with Crippen LogP contribution in [0.5, 0.6) is 11.5 Å². The largest absolute Gasteiger partial charge is 0.454 e. The third kappa shape index (κ3) is 3.85. The predicted molar refractivity (Wildman–Crippen MR) is 89.0 cm³/mol. The van der Waals surface area contributed by atoms with Crippen molar-refractivity contribution in [1.29, 1.82) is 0 Å². The molecule has 1 nitrogen and oxygen atoms in total. The Kier molecular flexibility index (Phi) is 4.72. The summed E-state index contributed by atoms with van der Waals surface area (Å²) in [7, 11) is 0. The van der Waals surface area contributed by atoms with Crippen molar-refractivity contribution in [3.05, 3.63) is 58.9 Å². The van der Waals surface area contributed by atoms with E-state index >= 15 is 0 Å². The van der Waals surface area contributed by atoms with Crippen LogP contribution in [0.4, 0.5) is 4.39 Å². The van der Waals surface area contributed by atoms with Crippen molar-refractivity contribution < 1.29 is 9.13 Å². The second-order valence-electron chi connectivity index (χ2n) is 6.25. The third-order valence-electron chi connectivity index (χ3n) is 3.31. The molecule has 0 heterocycles. The van der Waals surface area contributed by atoms with Gasteiger partial charge in [-0.25, -0.2) is 4.39 Å². The molecule has 0 N–H and O–H groups in total. The summed E-state index contributed by atoms with van der Waals surface area (Å²) in [6.07, 6.45) is 0. The summed E-state index contributed by atoms with van der Waals surface area (Å²) >= 11 is 3.32. The molecule has 0 aliphatic rings. The van der Waals surface area contributed by atoms with Gasteiger partial charge >= 0.3 is 0 Å². The zero-order valence-electron chi connectivity index (χ0n) is 12.8. The summed E-state index contributed by atoms with van der Waals surface area (Å²) in [5, 5.41) is 0.627. The maximum absolute atomic E-state index is 14.1. The number of rotatable bonds is 3. The van der Waals surface area contributed by atoms with Crippen molar-refractivity contribution in [2.24, 2.45) is 0 Å². The number of ether oxygens (including phenoxy) is 1. The Labute approximate surface area is 134 Å². The Morgan fingerprint density at radius 3 is 2.29 bits per heavy atom. The third-order valence-corrected chi connectivity index (χ3v) is 3.96. The van der Waals surface area contributed by atoms with Gasteiger partial charge in [-0.2, -0.15) is 0 Å². The van der Waals surface area contributed by atoms with E-state index in [1.165, 1.54) is 11.6 Å². The van der Waals surface area contributed by atoms with Crippen LogP contribution in [0.25, 0.3) is 0 Å². The lowest BCUT2D eigenvalue weighted by molar-refractivity contribution is 0.424. The lowest BCUT2D eigenvalue weighted by atomic mass is 9.85. The normalized spacial score (nSPS) is 11.5. The number of alkyl halides is 1. The highest BCUT2D eigenvalue weighted by atomic mass is 79.9. The van der Waals surface area contributed by atoms with E-state index in [1.54, 1.807) is 6.07 Å². The number of benzene rings is 2. The van der Waals surface area contributed by atoms with Gasteiger partial charge in [-0.15, -0.1) is 0 Å². The van der Waals surface area contributed by atoms with Gasteiger partial charge in [-0.3, -0.25) is 0 Å². The van der Waals surface area contributed by atoms with Crippen LogP contribution >= 0.6 is 15.9 Å². The van der Waals surface area contributed by atoms with Crippen LogP contribution in [-0.2, 0) is 10.7 Å². The van der Waals surface area contributed by atoms with Crippen LogP contribution in [0.2, 0.25) is 0 Å². The first kappa shape index (κ1) is 16.0. The van der Waals surface area contributed by atoms with E-state index in [2.05, 4.69) is 42.8 Å². The van der Waals surface area contributed by atoms with Crippen molar-refractivity contribution in [2.45, 2.75) is 38.4 Å². The molecule has 2 rings (SSSR count). The topological polar surface area (TPSA) is 9.23 Å². The molecular weight excluding hydrogens is 331 g/mol. The number of aryl methyl sites for hydroxylation is 1. The molecule has 0 saturated carbocycles. The molecule has 0 aliphatic heterocycles. The smallest absolute Gasteiger partial charge is 0.166 e. The van der Waals surface area contributed by atoms with E-state index in [0.29, 0.717) is 11.1 Å². The predicted octanol–water partition coefficient (Wildman–Crippen LogP) is 6.12. The molecule has 21 heavy (non-hydrogen) atoms. The summed E-state index contributed by atoms with van der Waals surface area (Å²) < 4.78 is 19.9. The maximum atomic E-state index is 14.1. The zero-order chi connectivity index (χ0) is 15.6. The molecule has 0 aromatic heterocycles. The van der Waals surface area contributed by atoms with Crippen LogP contribution in [0.3, 0.4) is 0 Å². The van der Waals surface area contributed by atoms with Crippen LogP contribution < -0.4 is 4.74 Å². The summed E-state index contributed by atoms with van der Waals surface area (Å²) in [6.45, 7) is 8.42. The Morgan fingerprint density at radius 1 is 1.05 bits per heavy atom.